The zero-order chi connectivity index (χ0) is 13.7. The largest absolute Gasteiger partial charge is 0.369 e. The number of thiophene rings is 1. The molecule has 6 N–H and O–H groups in total. The van der Waals surface area contributed by atoms with Crippen LogP contribution in [0.3, 0.4) is 0 Å². The molecule has 1 aromatic heterocycles. The molecule has 1 heterocycles. The lowest BCUT2D eigenvalue weighted by atomic mass is 10.1. The number of hydrogen-bond acceptors (Lipinski definition) is 5. The second kappa shape index (κ2) is 6.48. The highest BCUT2D eigenvalue weighted by Crippen LogP contribution is 2.27. The zero-order valence-electron chi connectivity index (χ0n) is 10.2. The van der Waals surface area contributed by atoms with Gasteiger partial charge in [0.05, 0.1) is 19.1 Å². The average Bonchev–Trinajstić information content (AvgIpc) is 2.68. The van der Waals surface area contributed by atoms with E-state index in [1.54, 1.807) is 4.90 Å². The first kappa shape index (κ1) is 14.6. The van der Waals surface area contributed by atoms with E-state index in [1.165, 1.54) is 11.3 Å². The van der Waals surface area contributed by atoms with Gasteiger partial charge in [0.1, 0.15) is 0 Å². The molecule has 0 aliphatic rings. The number of amides is 2. The summed E-state index contributed by atoms with van der Waals surface area (Å²) in [6.07, 6.45) is 0. The van der Waals surface area contributed by atoms with Crippen molar-refractivity contribution < 1.29 is 9.59 Å². The van der Waals surface area contributed by atoms with Crippen LogP contribution in [0.4, 0.5) is 0 Å². The minimum atomic E-state index is -0.515. The number of primary amides is 2. The van der Waals surface area contributed by atoms with Gasteiger partial charge in [0, 0.05) is 10.9 Å². The number of carbonyl (C=O) groups is 2. The summed E-state index contributed by atoms with van der Waals surface area (Å²) in [5.74, 6) is -1.03. The molecule has 0 saturated carbocycles. The highest BCUT2D eigenvalue weighted by atomic mass is 32.1. The smallest absolute Gasteiger partial charge is 0.231 e. The van der Waals surface area contributed by atoms with E-state index in [4.69, 9.17) is 17.2 Å². The fraction of sp³-hybridized carbons (Fsp3) is 0.455. The monoisotopic (exact) mass is 270 g/mol. The maximum atomic E-state index is 11.1. The van der Waals surface area contributed by atoms with Crippen molar-refractivity contribution in [2.45, 2.75) is 19.0 Å². The van der Waals surface area contributed by atoms with Crippen molar-refractivity contribution in [2.24, 2.45) is 17.2 Å². The first-order chi connectivity index (χ1) is 8.41. The van der Waals surface area contributed by atoms with Crippen LogP contribution in [0.5, 0.6) is 0 Å². The van der Waals surface area contributed by atoms with Crippen LogP contribution < -0.4 is 17.2 Å². The Hall–Kier alpha value is -1.44. The molecule has 6 nitrogen and oxygen atoms in total. The van der Waals surface area contributed by atoms with Crippen LogP contribution in [0.15, 0.2) is 17.5 Å². The van der Waals surface area contributed by atoms with E-state index in [-0.39, 0.29) is 25.2 Å². The Bertz CT molecular complexity index is 389. The molecular weight excluding hydrogens is 252 g/mol. The van der Waals surface area contributed by atoms with Gasteiger partial charge < -0.3 is 17.2 Å². The fourth-order valence-corrected chi connectivity index (χ4v) is 2.86. The van der Waals surface area contributed by atoms with Gasteiger partial charge in [-0.25, -0.2) is 0 Å². The second-order valence-corrected chi connectivity index (χ2v) is 5.14. The Morgan fingerprint density at radius 3 is 2.22 bits per heavy atom. The lowest BCUT2D eigenvalue weighted by molar-refractivity contribution is -0.123. The topological polar surface area (TPSA) is 115 Å². The van der Waals surface area contributed by atoms with Crippen LogP contribution in [0, 0.1) is 0 Å². The Morgan fingerprint density at radius 1 is 1.33 bits per heavy atom. The van der Waals surface area contributed by atoms with Crippen molar-refractivity contribution in [1.82, 2.24) is 4.90 Å². The van der Waals surface area contributed by atoms with Gasteiger partial charge in [-0.2, -0.15) is 0 Å². The van der Waals surface area contributed by atoms with E-state index in [0.29, 0.717) is 0 Å². The van der Waals surface area contributed by atoms with Gasteiger partial charge >= 0.3 is 0 Å². The van der Waals surface area contributed by atoms with Crippen LogP contribution in [-0.2, 0) is 9.59 Å². The highest BCUT2D eigenvalue weighted by molar-refractivity contribution is 7.10. The Kier molecular flexibility index (Phi) is 5.26. The van der Waals surface area contributed by atoms with E-state index >= 15 is 0 Å². The minimum Gasteiger partial charge on any atom is -0.369 e. The summed E-state index contributed by atoms with van der Waals surface area (Å²) >= 11 is 1.52. The molecular formula is C11H18N4O2S. The summed E-state index contributed by atoms with van der Waals surface area (Å²) in [4.78, 5) is 24.7. The van der Waals surface area contributed by atoms with Gasteiger partial charge in [-0.1, -0.05) is 6.07 Å². The Balaban J connectivity index is 2.97. The molecule has 2 amide bonds. The van der Waals surface area contributed by atoms with E-state index in [0.717, 1.165) is 4.88 Å². The summed E-state index contributed by atoms with van der Waals surface area (Å²) in [6, 6.07) is 3.31. The number of nitrogens with zero attached hydrogens (tertiary/aromatic N) is 1. The molecule has 7 heteroatoms. The van der Waals surface area contributed by atoms with Crippen molar-refractivity contribution in [1.29, 1.82) is 0 Å². The van der Waals surface area contributed by atoms with Crippen molar-refractivity contribution in [2.75, 3.05) is 13.1 Å². The molecule has 2 unspecified atom stereocenters. The lowest BCUT2D eigenvalue weighted by Gasteiger charge is -2.31. The maximum Gasteiger partial charge on any atom is 0.231 e. The summed E-state index contributed by atoms with van der Waals surface area (Å²) in [6.45, 7) is 1.72. The predicted molar refractivity (Wildman–Crippen MR) is 70.7 cm³/mol. The quantitative estimate of drug-likeness (QED) is 0.614. The maximum absolute atomic E-state index is 11.1. The number of rotatable bonds is 7. The van der Waals surface area contributed by atoms with Crippen LogP contribution in [0.25, 0.3) is 0 Å². The van der Waals surface area contributed by atoms with Crippen molar-refractivity contribution >= 4 is 23.2 Å². The van der Waals surface area contributed by atoms with E-state index in [9.17, 15) is 9.59 Å². The lowest BCUT2D eigenvalue weighted by Crippen LogP contribution is -2.46. The average molecular weight is 270 g/mol. The number of carbonyl (C=O) groups excluding carboxylic acids is 2. The zero-order valence-corrected chi connectivity index (χ0v) is 11.0. The molecule has 2 atom stereocenters. The summed E-state index contributed by atoms with van der Waals surface area (Å²) in [5, 5.41) is 1.91. The Labute approximate surface area is 110 Å². The van der Waals surface area contributed by atoms with Gasteiger partial charge in [-0.15, -0.1) is 11.3 Å². The SMILES string of the molecule is CC(N)C(c1cccs1)N(CC(N)=O)CC(N)=O. The van der Waals surface area contributed by atoms with Gasteiger partial charge in [0.15, 0.2) is 0 Å². The van der Waals surface area contributed by atoms with Crippen LogP contribution >= 0.6 is 11.3 Å². The predicted octanol–water partition coefficient (Wildman–Crippen LogP) is -0.591. The minimum absolute atomic E-state index is 0.0486. The third kappa shape index (κ3) is 4.10. The van der Waals surface area contributed by atoms with Crippen molar-refractivity contribution in [3.05, 3.63) is 22.4 Å². The van der Waals surface area contributed by atoms with Crippen molar-refractivity contribution in [3.63, 3.8) is 0 Å². The fourth-order valence-electron chi connectivity index (χ4n) is 1.88. The van der Waals surface area contributed by atoms with Crippen molar-refractivity contribution in [3.8, 4) is 0 Å². The third-order valence-electron chi connectivity index (χ3n) is 2.44. The molecule has 100 valence electrons. The third-order valence-corrected chi connectivity index (χ3v) is 3.39. The molecule has 0 aliphatic carbocycles. The molecule has 1 aromatic rings. The molecule has 0 saturated heterocycles. The molecule has 0 fully saturated rings. The van der Waals surface area contributed by atoms with E-state index in [1.807, 2.05) is 24.4 Å². The first-order valence-corrected chi connectivity index (χ1v) is 6.39. The van der Waals surface area contributed by atoms with E-state index in [2.05, 4.69) is 0 Å². The van der Waals surface area contributed by atoms with Crippen LogP contribution in [0.2, 0.25) is 0 Å². The molecule has 18 heavy (non-hydrogen) atoms. The summed E-state index contributed by atoms with van der Waals surface area (Å²) in [5.41, 5.74) is 16.3. The van der Waals surface area contributed by atoms with Gasteiger partial charge in [-0.3, -0.25) is 14.5 Å². The number of nitrogens with two attached hydrogens (primary N) is 3. The highest BCUT2D eigenvalue weighted by Gasteiger charge is 2.27. The second-order valence-electron chi connectivity index (χ2n) is 4.16. The van der Waals surface area contributed by atoms with E-state index < -0.39 is 11.8 Å². The molecule has 0 aromatic carbocycles. The van der Waals surface area contributed by atoms with Gasteiger partial charge in [-0.05, 0) is 18.4 Å². The molecule has 0 bridgehead atoms. The molecule has 0 aliphatic heterocycles. The first-order valence-electron chi connectivity index (χ1n) is 5.51. The van der Waals surface area contributed by atoms with Crippen LogP contribution in [0.1, 0.15) is 17.8 Å². The molecule has 0 spiro atoms. The van der Waals surface area contributed by atoms with Crippen LogP contribution in [-0.4, -0.2) is 35.8 Å². The number of hydrogen-bond donors (Lipinski definition) is 3. The molecule has 1 rings (SSSR count). The summed E-state index contributed by atoms with van der Waals surface area (Å²) in [7, 11) is 0. The summed E-state index contributed by atoms with van der Waals surface area (Å²) < 4.78 is 0. The standard InChI is InChI=1S/C11H18N4O2S/c1-7(12)11(8-3-2-4-18-8)15(5-9(13)16)6-10(14)17/h2-4,7,11H,5-6,12H2,1H3,(H2,13,16)(H2,14,17). The normalized spacial score (nSPS) is 14.4. The van der Waals surface area contributed by atoms with Gasteiger partial charge in [0.25, 0.3) is 0 Å². The Morgan fingerprint density at radius 2 is 1.89 bits per heavy atom. The van der Waals surface area contributed by atoms with Gasteiger partial charge in [0.2, 0.25) is 11.8 Å². The molecule has 0 radical (unpaired) electrons.